The Labute approximate surface area is 174 Å². The number of carbonyl (C=O) groups excluding carboxylic acids is 1. The lowest BCUT2D eigenvalue weighted by Crippen LogP contribution is -2.60. The Bertz CT molecular complexity index is 1110. The Morgan fingerprint density at radius 2 is 1.96 bits per heavy atom. The van der Waals surface area contributed by atoms with E-state index in [0.717, 1.165) is 15.8 Å². The number of hydrogen-bond donors (Lipinski definition) is 1. The molecule has 0 radical (unpaired) electrons. The van der Waals surface area contributed by atoms with Crippen LogP contribution in [0.4, 0.5) is 5.69 Å². The number of halogens is 1. The molecular weight excluding hydrogens is 440 g/mol. The molecule has 0 spiro atoms. The Kier molecular flexibility index (Phi) is 5.07. The lowest BCUT2D eigenvalue weighted by Gasteiger charge is -2.31. The number of benzene rings is 2. The number of carbonyl (C=O) groups is 1. The first-order chi connectivity index (χ1) is 13.5. The maximum atomic E-state index is 13.0. The number of para-hydroxylation sites is 1. The Morgan fingerprint density at radius 3 is 2.64 bits per heavy atom. The number of anilines is 1. The second-order valence-electron chi connectivity index (χ2n) is 6.32. The number of fused-ring (bicyclic) bond motifs is 3. The van der Waals surface area contributed by atoms with Crippen molar-refractivity contribution in [2.45, 2.75) is 25.2 Å². The van der Waals surface area contributed by atoms with Crippen LogP contribution < -0.4 is 15.1 Å². The summed E-state index contributed by atoms with van der Waals surface area (Å²) in [5.74, 6) is 0.656. The summed E-state index contributed by atoms with van der Waals surface area (Å²) in [5.41, 5.74) is 2.48. The molecule has 142 valence electrons. The van der Waals surface area contributed by atoms with Crippen LogP contribution >= 0.6 is 27.7 Å². The molecule has 0 aliphatic carbocycles. The largest absolute Gasteiger partial charge is 0.325 e. The fourth-order valence-corrected chi connectivity index (χ4v) is 4.30. The third-order valence-electron chi connectivity index (χ3n) is 4.55. The van der Waals surface area contributed by atoms with Gasteiger partial charge in [-0.15, -0.1) is 0 Å². The molecule has 1 atom stereocenters. The first kappa shape index (κ1) is 18.9. The first-order valence-corrected chi connectivity index (χ1v) is 10.6. The third-order valence-corrected chi connectivity index (χ3v) is 5.82. The maximum absolute atomic E-state index is 13.0. The van der Waals surface area contributed by atoms with Crippen LogP contribution in [0.1, 0.15) is 25.6 Å². The van der Waals surface area contributed by atoms with Gasteiger partial charge in [-0.2, -0.15) is 0 Å². The highest BCUT2D eigenvalue weighted by molar-refractivity contribution is 9.10. The highest BCUT2D eigenvalue weighted by atomic mass is 79.9. The van der Waals surface area contributed by atoms with Gasteiger partial charge in [0.1, 0.15) is 0 Å². The van der Waals surface area contributed by atoms with Gasteiger partial charge in [0.25, 0.3) is 6.17 Å². The first-order valence-electron chi connectivity index (χ1n) is 8.85. The fraction of sp³-hybridized carbons (Fsp3) is 0.200. The summed E-state index contributed by atoms with van der Waals surface area (Å²) in [6.45, 7) is 3.53. The van der Waals surface area contributed by atoms with Crippen molar-refractivity contribution in [2.75, 3.05) is 10.7 Å². The zero-order chi connectivity index (χ0) is 19.8. The van der Waals surface area contributed by atoms with Gasteiger partial charge in [-0.1, -0.05) is 46.7 Å². The topological polar surface area (TPSA) is 69.9 Å². The van der Waals surface area contributed by atoms with Crippen molar-refractivity contribution in [3.05, 3.63) is 68.9 Å². The minimum atomic E-state index is -0.547. The van der Waals surface area contributed by atoms with Crippen LogP contribution in [-0.4, -0.2) is 21.7 Å². The van der Waals surface area contributed by atoms with E-state index < -0.39 is 6.17 Å². The van der Waals surface area contributed by atoms with Gasteiger partial charge in [0.05, 0.1) is 11.3 Å². The van der Waals surface area contributed by atoms with E-state index in [1.54, 1.807) is 9.58 Å². The lowest BCUT2D eigenvalue weighted by molar-refractivity contribution is -0.763. The molecule has 8 heteroatoms. The number of hydrogen-bond acceptors (Lipinski definition) is 4. The third kappa shape index (κ3) is 3.16. The molecule has 0 unspecified atom stereocenters. The van der Waals surface area contributed by atoms with Crippen LogP contribution in [0, 0.1) is 0 Å². The summed E-state index contributed by atoms with van der Waals surface area (Å²) in [5, 5.41) is 5.22. The molecule has 3 aromatic rings. The molecule has 4 rings (SSSR count). The van der Waals surface area contributed by atoms with E-state index in [2.05, 4.69) is 20.9 Å². The minimum Gasteiger partial charge on any atom is -0.291 e. The van der Waals surface area contributed by atoms with Crippen LogP contribution in [0.5, 0.6) is 0 Å². The average molecular weight is 458 g/mol. The summed E-state index contributed by atoms with van der Waals surface area (Å²) < 4.78 is 2.61. The number of H-pyrrole nitrogens is 1. The van der Waals surface area contributed by atoms with E-state index >= 15 is 0 Å². The predicted molar refractivity (Wildman–Crippen MR) is 112 cm³/mol. The molecule has 0 saturated carbocycles. The molecule has 0 fully saturated rings. The number of aromatic amines is 1. The monoisotopic (exact) mass is 457 g/mol. The zero-order valence-electron chi connectivity index (χ0n) is 15.3. The molecule has 0 bridgehead atoms. The van der Waals surface area contributed by atoms with Crippen LogP contribution in [0.3, 0.4) is 0 Å². The molecule has 1 N–H and O–H groups in total. The van der Waals surface area contributed by atoms with Gasteiger partial charge in [-0.3, -0.25) is 14.6 Å². The maximum Gasteiger partial charge on any atom is 0.325 e. The van der Waals surface area contributed by atoms with E-state index in [-0.39, 0.29) is 11.5 Å². The summed E-state index contributed by atoms with van der Waals surface area (Å²) in [4.78, 5) is 30.3. The average Bonchev–Trinajstić information content (AvgIpc) is 2.67. The quantitative estimate of drug-likeness (QED) is 0.482. The molecule has 28 heavy (non-hydrogen) atoms. The second kappa shape index (κ2) is 7.52. The molecule has 0 saturated heterocycles. The van der Waals surface area contributed by atoms with Crippen molar-refractivity contribution in [3.8, 4) is 11.3 Å². The normalized spacial score (nSPS) is 15.1. The molecule has 1 aliphatic heterocycles. The Hall–Kier alpha value is -2.45. The van der Waals surface area contributed by atoms with E-state index in [9.17, 15) is 9.59 Å². The van der Waals surface area contributed by atoms with E-state index in [4.69, 9.17) is 5.10 Å². The Balaban J connectivity index is 2.06. The van der Waals surface area contributed by atoms with Crippen molar-refractivity contribution in [3.63, 3.8) is 0 Å². The van der Waals surface area contributed by atoms with Gasteiger partial charge < -0.3 is 0 Å². The van der Waals surface area contributed by atoms with Gasteiger partial charge in [0.15, 0.2) is 0 Å². The lowest BCUT2D eigenvalue weighted by atomic mass is 10.0. The van der Waals surface area contributed by atoms with Gasteiger partial charge in [-0.05, 0) is 46.8 Å². The van der Waals surface area contributed by atoms with Gasteiger partial charge in [0.2, 0.25) is 11.1 Å². The van der Waals surface area contributed by atoms with Gasteiger partial charge in [0, 0.05) is 22.1 Å². The molecule has 1 aliphatic rings. The van der Waals surface area contributed by atoms with E-state index in [1.807, 2.05) is 55.5 Å². The number of thioether (sulfide) groups is 1. The molecule has 2 aromatic carbocycles. The van der Waals surface area contributed by atoms with Crippen molar-refractivity contribution in [2.24, 2.45) is 0 Å². The summed E-state index contributed by atoms with van der Waals surface area (Å²) in [6.07, 6.45) is -0.547. The summed E-state index contributed by atoms with van der Waals surface area (Å²) in [7, 11) is 0. The molecular formula is C20H18BrN4O2S+. The van der Waals surface area contributed by atoms with E-state index in [1.165, 1.54) is 18.7 Å². The Morgan fingerprint density at radius 1 is 1.25 bits per heavy atom. The van der Waals surface area contributed by atoms with Crippen LogP contribution in [0.2, 0.25) is 0 Å². The van der Waals surface area contributed by atoms with Crippen molar-refractivity contribution in [1.82, 2.24) is 10.1 Å². The highest BCUT2D eigenvalue weighted by Crippen LogP contribution is 2.37. The van der Waals surface area contributed by atoms with Crippen molar-refractivity contribution >= 4 is 39.3 Å². The predicted octanol–water partition coefficient (Wildman–Crippen LogP) is 3.51. The SMILES string of the molecule is CCSc1n[n+]2c(c(=O)[nH]1)-c1ccccc1N(C(C)=O)[C@H]2c1ccc(Br)cc1. The van der Waals surface area contributed by atoms with Crippen molar-refractivity contribution in [1.29, 1.82) is 0 Å². The second-order valence-corrected chi connectivity index (χ2v) is 8.49. The van der Waals surface area contributed by atoms with Crippen LogP contribution in [0.15, 0.2) is 63.0 Å². The molecule has 6 nitrogen and oxygen atoms in total. The zero-order valence-corrected chi connectivity index (χ0v) is 17.8. The standard InChI is InChI=1S/C20H17BrN4O2S/c1-3-28-20-22-18(27)17-15-6-4-5-7-16(15)24(12(2)26)19(25(17)23-20)13-8-10-14(21)11-9-13/h4-11,19H,3H2,1-2H3/p+1/t19-/m1/s1. The number of rotatable bonds is 3. The summed E-state index contributed by atoms with van der Waals surface area (Å²) >= 11 is 4.91. The summed E-state index contributed by atoms with van der Waals surface area (Å²) in [6, 6.07) is 15.1. The fourth-order valence-electron chi connectivity index (χ4n) is 3.45. The number of nitrogens with zero attached hydrogens (tertiary/aromatic N) is 3. The molecule has 1 amide bonds. The minimum absolute atomic E-state index is 0.120. The van der Waals surface area contributed by atoms with E-state index in [0.29, 0.717) is 22.1 Å². The van der Waals surface area contributed by atoms with Crippen LogP contribution in [0.25, 0.3) is 11.3 Å². The number of aromatic nitrogens is 3. The molecule has 2 heterocycles. The number of nitrogens with one attached hydrogen (secondary N) is 1. The molecule has 1 aromatic heterocycles. The van der Waals surface area contributed by atoms with Gasteiger partial charge in [-0.25, -0.2) is 4.90 Å². The smallest absolute Gasteiger partial charge is 0.291 e. The van der Waals surface area contributed by atoms with Crippen LogP contribution in [-0.2, 0) is 4.79 Å². The highest BCUT2D eigenvalue weighted by Gasteiger charge is 2.44. The van der Waals surface area contributed by atoms with Crippen molar-refractivity contribution < 1.29 is 9.48 Å². The van der Waals surface area contributed by atoms with Gasteiger partial charge >= 0.3 is 11.3 Å². The number of amides is 1.